The molecular weight excluding hydrogens is 217 g/mol. The molecule has 0 aliphatic heterocycles. The first-order chi connectivity index (χ1) is 6.37. The van der Waals surface area contributed by atoms with E-state index in [2.05, 4.69) is 4.52 Å². The summed E-state index contributed by atoms with van der Waals surface area (Å²) in [6, 6.07) is 2.51. The summed E-state index contributed by atoms with van der Waals surface area (Å²) in [5.74, 6) is -1.65. The van der Waals surface area contributed by atoms with E-state index in [1.807, 2.05) is 0 Å². The van der Waals surface area contributed by atoms with Gasteiger partial charge in [-0.3, -0.25) is 4.52 Å². The van der Waals surface area contributed by atoms with Gasteiger partial charge in [-0.2, -0.15) is 0 Å². The van der Waals surface area contributed by atoms with E-state index in [1.165, 1.54) is 0 Å². The molecule has 1 aromatic rings. The predicted molar refractivity (Wildman–Crippen MR) is 43.2 cm³/mol. The highest BCUT2D eigenvalue weighted by molar-refractivity contribution is 7.46. The average Bonchev–Trinajstić information content (AvgIpc) is 1.97. The van der Waals surface area contributed by atoms with Gasteiger partial charge < -0.3 is 9.79 Å². The molecule has 0 fully saturated rings. The zero-order valence-electron chi connectivity index (χ0n) is 6.85. The molecule has 0 aromatic heterocycles. The van der Waals surface area contributed by atoms with Gasteiger partial charge in [-0.15, -0.1) is 0 Å². The molecule has 0 radical (unpaired) electrons. The summed E-state index contributed by atoms with van der Waals surface area (Å²) in [6.07, 6.45) is 0. The first kappa shape index (κ1) is 11.3. The Morgan fingerprint density at radius 3 is 2.14 bits per heavy atom. The van der Waals surface area contributed by atoms with Gasteiger partial charge in [0.15, 0.2) is 0 Å². The van der Waals surface area contributed by atoms with E-state index in [0.717, 1.165) is 12.1 Å². The maximum atomic E-state index is 12.6. The molecule has 78 valence electrons. The van der Waals surface area contributed by atoms with Crippen molar-refractivity contribution in [1.29, 1.82) is 0 Å². The van der Waals surface area contributed by atoms with Crippen molar-refractivity contribution in [3.05, 3.63) is 35.4 Å². The largest absolute Gasteiger partial charge is 0.469 e. The Hall–Kier alpha value is -0.810. The smallest absolute Gasteiger partial charge is 0.303 e. The van der Waals surface area contributed by atoms with Crippen molar-refractivity contribution in [2.75, 3.05) is 0 Å². The minimum Gasteiger partial charge on any atom is -0.303 e. The van der Waals surface area contributed by atoms with E-state index in [9.17, 15) is 13.3 Å². The average molecular weight is 224 g/mol. The van der Waals surface area contributed by atoms with E-state index in [-0.39, 0.29) is 5.56 Å². The maximum Gasteiger partial charge on any atom is 0.469 e. The molecule has 4 nitrogen and oxygen atoms in total. The molecule has 1 aromatic carbocycles. The molecule has 0 saturated heterocycles. The first-order valence-corrected chi connectivity index (χ1v) is 5.05. The molecule has 0 amide bonds. The molecule has 1 rings (SSSR count). The number of hydrogen-bond acceptors (Lipinski definition) is 2. The van der Waals surface area contributed by atoms with Crippen LogP contribution in [0.2, 0.25) is 0 Å². The van der Waals surface area contributed by atoms with Crippen molar-refractivity contribution in [1.82, 2.24) is 0 Å². The van der Waals surface area contributed by atoms with Gasteiger partial charge in [0.2, 0.25) is 0 Å². The number of halogens is 2. The quantitative estimate of drug-likeness (QED) is 0.765. The van der Waals surface area contributed by atoms with Crippen LogP contribution in [0.5, 0.6) is 0 Å². The van der Waals surface area contributed by atoms with Gasteiger partial charge in [0.25, 0.3) is 0 Å². The first-order valence-electron chi connectivity index (χ1n) is 3.52. The fraction of sp³-hybridized carbons (Fsp3) is 0.143. The highest BCUT2D eigenvalue weighted by Crippen LogP contribution is 2.36. The van der Waals surface area contributed by atoms with Gasteiger partial charge in [-0.05, 0) is 17.7 Å². The lowest BCUT2D eigenvalue weighted by Crippen LogP contribution is -1.93. The van der Waals surface area contributed by atoms with E-state index >= 15 is 0 Å². The molecule has 0 unspecified atom stereocenters. The molecule has 0 atom stereocenters. The van der Waals surface area contributed by atoms with Crippen molar-refractivity contribution in [3.63, 3.8) is 0 Å². The zero-order chi connectivity index (χ0) is 10.8. The van der Waals surface area contributed by atoms with Crippen LogP contribution >= 0.6 is 7.82 Å². The van der Waals surface area contributed by atoms with Crippen molar-refractivity contribution in [3.8, 4) is 0 Å². The van der Waals surface area contributed by atoms with Gasteiger partial charge in [0.05, 0.1) is 6.61 Å². The molecule has 0 bridgehead atoms. The predicted octanol–water partition coefficient (Wildman–Crippen LogP) is 1.57. The maximum absolute atomic E-state index is 12.6. The minimum atomic E-state index is -4.61. The van der Waals surface area contributed by atoms with E-state index in [4.69, 9.17) is 9.79 Å². The number of phosphoric acid groups is 1. The SMILES string of the molecule is O=P(O)(O)OCc1cc(F)cc(F)c1. The minimum absolute atomic E-state index is 0.0193. The standard InChI is InChI=1S/C7H7F2O4P/c8-6-1-5(2-7(9)3-6)4-13-14(10,11)12/h1-3H,4H2,(H2,10,11,12). The highest BCUT2D eigenvalue weighted by atomic mass is 31.2. The summed E-state index contributed by atoms with van der Waals surface area (Å²) in [6.45, 7) is -0.543. The Morgan fingerprint density at radius 2 is 1.71 bits per heavy atom. The fourth-order valence-corrected chi connectivity index (χ4v) is 1.17. The van der Waals surface area contributed by atoms with Gasteiger partial charge >= 0.3 is 7.82 Å². The van der Waals surface area contributed by atoms with Crippen LogP contribution in [0.25, 0.3) is 0 Å². The Bertz CT molecular complexity index is 356. The molecule has 0 heterocycles. The van der Waals surface area contributed by atoms with Gasteiger partial charge in [0, 0.05) is 6.07 Å². The molecule has 7 heteroatoms. The van der Waals surface area contributed by atoms with Gasteiger partial charge in [-0.1, -0.05) is 0 Å². The second-order valence-electron chi connectivity index (χ2n) is 2.54. The number of benzene rings is 1. The summed E-state index contributed by atoms with van der Waals surface area (Å²) < 4.78 is 39.4. The lowest BCUT2D eigenvalue weighted by molar-refractivity contribution is 0.188. The van der Waals surface area contributed by atoms with Crippen LogP contribution in [-0.4, -0.2) is 9.79 Å². The van der Waals surface area contributed by atoms with Crippen LogP contribution in [0.4, 0.5) is 8.78 Å². The molecule has 0 saturated carbocycles. The van der Waals surface area contributed by atoms with Crippen LogP contribution < -0.4 is 0 Å². The zero-order valence-corrected chi connectivity index (χ0v) is 7.75. The molecular formula is C7H7F2O4P. The Morgan fingerprint density at radius 1 is 1.21 bits per heavy atom. The van der Waals surface area contributed by atoms with Crippen molar-refractivity contribution in [2.45, 2.75) is 6.61 Å². The number of hydrogen-bond donors (Lipinski definition) is 2. The second kappa shape index (κ2) is 4.14. The lowest BCUT2D eigenvalue weighted by Gasteiger charge is -2.05. The molecule has 2 N–H and O–H groups in total. The summed E-state index contributed by atoms with van der Waals surface area (Å²) in [5.41, 5.74) is 0.0193. The summed E-state index contributed by atoms with van der Waals surface area (Å²) in [4.78, 5) is 16.6. The highest BCUT2D eigenvalue weighted by Gasteiger charge is 2.14. The van der Waals surface area contributed by atoms with E-state index in [1.54, 1.807) is 0 Å². The van der Waals surface area contributed by atoms with Crippen LogP contribution in [0.15, 0.2) is 18.2 Å². The number of rotatable bonds is 3. The van der Waals surface area contributed by atoms with Crippen LogP contribution in [-0.2, 0) is 15.7 Å². The van der Waals surface area contributed by atoms with Crippen LogP contribution in [0, 0.1) is 11.6 Å². The third kappa shape index (κ3) is 3.93. The van der Waals surface area contributed by atoms with Crippen molar-refractivity contribution in [2.24, 2.45) is 0 Å². The summed E-state index contributed by atoms with van der Waals surface area (Å²) in [7, 11) is -4.61. The Kier molecular flexibility index (Phi) is 3.34. The van der Waals surface area contributed by atoms with Crippen molar-refractivity contribution < 1.29 is 27.7 Å². The Labute approximate surface area is 78.4 Å². The van der Waals surface area contributed by atoms with Gasteiger partial charge in [-0.25, -0.2) is 13.3 Å². The normalized spacial score (nSPS) is 11.7. The lowest BCUT2D eigenvalue weighted by atomic mass is 10.2. The third-order valence-corrected chi connectivity index (χ3v) is 1.79. The summed E-state index contributed by atoms with van der Waals surface area (Å²) >= 11 is 0. The fourth-order valence-electron chi connectivity index (χ4n) is 0.853. The van der Waals surface area contributed by atoms with Gasteiger partial charge in [0.1, 0.15) is 11.6 Å². The van der Waals surface area contributed by atoms with Crippen LogP contribution in [0.3, 0.4) is 0 Å². The van der Waals surface area contributed by atoms with Crippen LogP contribution in [0.1, 0.15) is 5.56 Å². The summed E-state index contributed by atoms with van der Waals surface area (Å²) in [5, 5.41) is 0. The Balaban J connectivity index is 2.73. The second-order valence-corrected chi connectivity index (χ2v) is 3.78. The number of phosphoric ester groups is 1. The van der Waals surface area contributed by atoms with E-state index in [0.29, 0.717) is 6.07 Å². The molecule has 0 spiro atoms. The third-order valence-electron chi connectivity index (χ3n) is 1.32. The molecule has 14 heavy (non-hydrogen) atoms. The monoisotopic (exact) mass is 224 g/mol. The molecule has 0 aliphatic rings. The topological polar surface area (TPSA) is 66.8 Å². The molecule has 0 aliphatic carbocycles. The van der Waals surface area contributed by atoms with E-state index < -0.39 is 26.1 Å². The van der Waals surface area contributed by atoms with Crippen molar-refractivity contribution >= 4 is 7.82 Å².